The van der Waals surface area contributed by atoms with Gasteiger partial charge in [0.05, 0.1) is 19.1 Å². The molecule has 1 aliphatic heterocycles. The fraction of sp³-hybridized carbons (Fsp3) is 0.444. The fourth-order valence-electron chi connectivity index (χ4n) is 3.25. The van der Waals surface area contributed by atoms with E-state index < -0.39 is 35.8 Å². The summed E-state index contributed by atoms with van der Waals surface area (Å²) in [7, 11) is 1.24. The largest absolute Gasteiger partial charge is 0.480 e. The van der Waals surface area contributed by atoms with E-state index in [1.54, 1.807) is 30.3 Å². The van der Waals surface area contributed by atoms with E-state index in [0.717, 1.165) is 11.8 Å². The van der Waals surface area contributed by atoms with Crippen molar-refractivity contribution < 1.29 is 29.0 Å². The van der Waals surface area contributed by atoms with Gasteiger partial charge >= 0.3 is 11.9 Å². The number of thioether (sulfide) groups is 1. The van der Waals surface area contributed by atoms with E-state index in [2.05, 4.69) is 0 Å². The third-order valence-corrected chi connectivity index (χ3v) is 5.15. The number of carbonyl (C=O) groups is 4. The molecule has 1 N–H and O–H groups in total. The summed E-state index contributed by atoms with van der Waals surface area (Å²) in [6, 6.07) is 7.04. The Morgan fingerprint density at radius 3 is 2.42 bits per heavy atom. The highest BCUT2D eigenvalue weighted by molar-refractivity contribution is 8.13. The molecule has 1 fully saturated rings. The van der Waals surface area contributed by atoms with Crippen LogP contribution < -0.4 is 0 Å². The summed E-state index contributed by atoms with van der Waals surface area (Å²) in [5, 5.41) is 9.47. The van der Waals surface area contributed by atoms with Crippen molar-refractivity contribution >= 4 is 34.7 Å². The lowest BCUT2D eigenvalue weighted by Gasteiger charge is -2.30. The maximum Gasteiger partial charge on any atom is 0.326 e. The molecule has 1 aromatic carbocycles. The fourth-order valence-corrected chi connectivity index (χ4v) is 3.81. The van der Waals surface area contributed by atoms with Crippen LogP contribution in [0.4, 0.5) is 0 Å². The summed E-state index contributed by atoms with van der Waals surface area (Å²) in [5.41, 5.74) is 0.680. The third-order valence-electron chi connectivity index (χ3n) is 4.33. The molecule has 1 aromatic rings. The van der Waals surface area contributed by atoms with Gasteiger partial charge in [-0.2, -0.15) is 0 Å². The van der Waals surface area contributed by atoms with Crippen LogP contribution in [-0.2, 0) is 23.9 Å². The van der Waals surface area contributed by atoms with Crippen molar-refractivity contribution in [2.45, 2.75) is 31.8 Å². The molecule has 0 aliphatic carbocycles. The highest BCUT2D eigenvalue weighted by Gasteiger charge is 2.50. The third kappa shape index (κ3) is 4.43. The number of amides is 1. The van der Waals surface area contributed by atoms with Crippen LogP contribution in [-0.4, -0.2) is 51.9 Å². The number of carboxylic acid groups (broad SMARTS) is 1. The quantitative estimate of drug-likeness (QED) is 0.753. The number of nitrogens with zero attached hydrogens (tertiary/aromatic N) is 1. The first-order chi connectivity index (χ1) is 12.4. The predicted molar refractivity (Wildman–Crippen MR) is 95.3 cm³/mol. The molecule has 1 amide bonds. The van der Waals surface area contributed by atoms with E-state index in [-0.39, 0.29) is 23.7 Å². The van der Waals surface area contributed by atoms with Gasteiger partial charge in [-0.1, -0.05) is 42.1 Å². The summed E-state index contributed by atoms with van der Waals surface area (Å²) >= 11 is 1.01. The van der Waals surface area contributed by atoms with E-state index in [1.807, 2.05) is 0 Å². The van der Waals surface area contributed by atoms with Gasteiger partial charge in [0, 0.05) is 19.1 Å². The average molecular weight is 379 g/mol. The van der Waals surface area contributed by atoms with Gasteiger partial charge in [-0.3, -0.25) is 14.4 Å². The van der Waals surface area contributed by atoms with E-state index in [9.17, 15) is 24.3 Å². The molecule has 3 unspecified atom stereocenters. The van der Waals surface area contributed by atoms with Crippen molar-refractivity contribution in [3.63, 3.8) is 0 Å². The number of esters is 1. The lowest BCUT2D eigenvalue weighted by Crippen LogP contribution is -2.42. The Bertz CT molecular complexity index is 692. The molecule has 0 spiro atoms. The first-order valence-corrected chi connectivity index (χ1v) is 9.15. The van der Waals surface area contributed by atoms with Gasteiger partial charge in [0.2, 0.25) is 5.91 Å². The van der Waals surface area contributed by atoms with Crippen LogP contribution in [0, 0.1) is 5.92 Å². The van der Waals surface area contributed by atoms with E-state index in [1.165, 1.54) is 18.9 Å². The first-order valence-electron chi connectivity index (χ1n) is 8.17. The molecule has 1 aliphatic rings. The standard InChI is InChI=1S/C18H21NO6S/c1-11(20)26-9-8-15(21)19-14(17(22)23)10-13(18(24)25-2)16(19)12-6-4-3-5-7-12/h3-7,13-14,16H,8-10H2,1-2H3,(H,22,23). The molecule has 1 heterocycles. The summed E-state index contributed by atoms with van der Waals surface area (Å²) in [6.07, 6.45) is 0.0123. The van der Waals surface area contributed by atoms with Crippen molar-refractivity contribution in [1.29, 1.82) is 0 Å². The van der Waals surface area contributed by atoms with Crippen LogP contribution in [0.5, 0.6) is 0 Å². The molecule has 1 saturated heterocycles. The number of methoxy groups -OCH3 is 1. The number of ether oxygens (including phenoxy) is 1. The second-order valence-electron chi connectivity index (χ2n) is 5.97. The van der Waals surface area contributed by atoms with E-state index >= 15 is 0 Å². The van der Waals surface area contributed by atoms with Gasteiger partial charge in [0.25, 0.3) is 0 Å². The summed E-state index contributed by atoms with van der Waals surface area (Å²) in [5.74, 6) is -2.59. The van der Waals surface area contributed by atoms with Gasteiger partial charge in [-0.05, 0) is 12.0 Å². The molecule has 3 atom stereocenters. The number of carbonyl (C=O) groups excluding carboxylic acids is 3. The molecule has 0 radical (unpaired) electrons. The van der Waals surface area contributed by atoms with Crippen molar-refractivity contribution in [2.75, 3.05) is 12.9 Å². The number of carboxylic acids is 1. The van der Waals surface area contributed by atoms with Gasteiger partial charge in [0.1, 0.15) is 6.04 Å². The lowest BCUT2D eigenvalue weighted by molar-refractivity contribution is -0.150. The van der Waals surface area contributed by atoms with E-state index in [4.69, 9.17) is 4.74 Å². The average Bonchev–Trinajstić information content (AvgIpc) is 3.02. The second kappa shape index (κ2) is 8.84. The molecular formula is C18H21NO6S. The van der Waals surface area contributed by atoms with E-state index in [0.29, 0.717) is 5.56 Å². The zero-order valence-corrected chi connectivity index (χ0v) is 15.4. The Hall–Kier alpha value is -2.35. The number of hydrogen-bond acceptors (Lipinski definition) is 6. The SMILES string of the molecule is COC(=O)C1CC(C(=O)O)N(C(=O)CCSC(C)=O)C1c1ccccc1. The molecule has 0 saturated carbocycles. The van der Waals surface area contributed by atoms with Gasteiger partial charge in [0.15, 0.2) is 5.12 Å². The minimum Gasteiger partial charge on any atom is -0.480 e. The maximum absolute atomic E-state index is 12.8. The number of likely N-dealkylation sites (tertiary alicyclic amines) is 1. The topological polar surface area (TPSA) is 101 Å². The van der Waals surface area contributed by atoms with Gasteiger partial charge in [-0.25, -0.2) is 4.79 Å². The minimum absolute atomic E-state index is 0.00679. The zero-order chi connectivity index (χ0) is 19.3. The molecule has 0 bridgehead atoms. The van der Waals surface area contributed by atoms with Crippen molar-refractivity contribution in [3.8, 4) is 0 Å². The van der Waals surface area contributed by atoms with Crippen LogP contribution in [0.1, 0.15) is 31.4 Å². The molecular weight excluding hydrogens is 358 g/mol. The number of hydrogen-bond donors (Lipinski definition) is 1. The Morgan fingerprint density at radius 1 is 1.23 bits per heavy atom. The Kier molecular flexibility index (Phi) is 6.79. The maximum atomic E-state index is 12.8. The summed E-state index contributed by atoms with van der Waals surface area (Å²) in [4.78, 5) is 49.1. The van der Waals surface area contributed by atoms with Gasteiger partial charge in [-0.15, -0.1) is 0 Å². The molecule has 2 rings (SSSR count). The second-order valence-corrected chi connectivity index (χ2v) is 7.24. The van der Waals surface area contributed by atoms with Crippen LogP contribution in [0.15, 0.2) is 30.3 Å². The van der Waals surface area contributed by atoms with Crippen LogP contribution in [0.25, 0.3) is 0 Å². The van der Waals surface area contributed by atoms with Crippen LogP contribution in [0.3, 0.4) is 0 Å². The van der Waals surface area contributed by atoms with Crippen molar-refractivity contribution in [2.24, 2.45) is 5.92 Å². The van der Waals surface area contributed by atoms with Crippen molar-refractivity contribution in [1.82, 2.24) is 4.90 Å². The van der Waals surface area contributed by atoms with Crippen LogP contribution in [0.2, 0.25) is 0 Å². The highest BCUT2D eigenvalue weighted by atomic mass is 32.2. The Morgan fingerprint density at radius 2 is 1.88 bits per heavy atom. The smallest absolute Gasteiger partial charge is 0.326 e. The highest BCUT2D eigenvalue weighted by Crippen LogP contribution is 2.42. The monoisotopic (exact) mass is 379 g/mol. The first kappa shape index (κ1) is 20.0. The molecule has 7 nitrogen and oxygen atoms in total. The van der Waals surface area contributed by atoms with Crippen molar-refractivity contribution in [3.05, 3.63) is 35.9 Å². The molecule has 140 valence electrons. The van der Waals surface area contributed by atoms with Gasteiger partial charge < -0.3 is 14.7 Å². The predicted octanol–water partition coefficient (Wildman–Crippen LogP) is 1.87. The number of rotatable bonds is 6. The summed E-state index contributed by atoms with van der Waals surface area (Å²) in [6.45, 7) is 1.41. The molecule has 26 heavy (non-hydrogen) atoms. The Labute approximate surface area is 155 Å². The zero-order valence-electron chi connectivity index (χ0n) is 14.6. The Balaban J connectivity index is 2.36. The normalized spacial score (nSPS) is 22.1. The van der Waals surface area contributed by atoms with Crippen LogP contribution >= 0.6 is 11.8 Å². The number of benzene rings is 1. The molecule has 8 heteroatoms. The number of aliphatic carboxylic acids is 1. The minimum atomic E-state index is -1.16. The lowest BCUT2D eigenvalue weighted by atomic mass is 9.93. The summed E-state index contributed by atoms with van der Waals surface area (Å²) < 4.78 is 4.84. The molecule has 0 aromatic heterocycles.